The summed E-state index contributed by atoms with van der Waals surface area (Å²) in [6.07, 6.45) is 0. The molecule has 1 atom stereocenters. The number of Topliss-reactive ketones (excluding diaryl/α,β-unsaturated/α-hetero) is 1. The fourth-order valence-corrected chi connectivity index (χ4v) is 1.69. The van der Waals surface area contributed by atoms with E-state index in [2.05, 4.69) is 0 Å². The Hall–Kier alpha value is -1.13. The van der Waals surface area contributed by atoms with Gasteiger partial charge in [0.2, 0.25) is 0 Å². The average Bonchev–Trinajstić information content (AvgIpc) is 2.21. The second kappa shape index (κ2) is 4.80. The van der Waals surface area contributed by atoms with E-state index in [1.807, 2.05) is 0 Å². The molecule has 1 rings (SSSR count). The highest BCUT2D eigenvalue weighted by Gasteiger charge is 2.23. The Kier molecular flexibility index (Phi) is 3.88. The minimum atomic E-state index is -0.731. The Labute approximate surface area is 98.3 Å². The maximum absolute atomic E-state index is 13.4. The summed E-state index contributed by atoms with van der Waals surface area (Å²) in [5.41, 5.74) is 5.80. The lowest BCUT2D eigenvalue weighted by Crippen LogP contribution is -2.28. The molecule has 1 unspecified atom stereocenters. The zero-order chi connectivity index (χ0) is 12.5. The Morgan fingerprint density at radius 2 is 2.19 bits per heavy atom. The number of halogens is 2. The molecule has 0 radical (unpaired) electrons. The van der Waals surface area contributed by atoms with Crippen LogP contribution in [0.3, 0.4) is 0 Å². The van der Waals surface area contributed by atoms with E-state index in [9.17, 15) is 9.18 Å². The van der Waals surface area contributed by atoms with Gasteiger partial charge in [-0.05, 0) is 25.5 Å². The molecule has 3 nitrogen and oxygen atoms in total. The van der Waals surface area contributed by atoms with Crippen molar-refractivity contribution in [3.63, 3.8) is 0 Å². The van der Waals surface area contributed by atoms with E-state index in [0.29, 0.717) is 0 Å². The number of methoxy groups -OCH3 is 1. The predicted octanol–water partition coefficient (Wildman–Crippen LogP) is 2.33. The molecule has 2 N–H and O–H groups in total. The molecule has 1 aromatic rings. The van der Waals surface area contributed by atoms with E-state index >= 15 is 0 Å². The minimum absolute atomic E-state index is 0.0644. The molecule has 5 heteroatoms. The van der Waals surface area contributed by atoms with Crippen LogP contribution in [0.1, 0.15) is 22.8 Å². The van der Waals surface area contributed by atoms with Crippen LogP contribution < -0.4 is 10.5 Å². The first-order valence-corrected chi connectivity index (χ1v) is 5.10. The first-order valence-electron chi connectivity index (χ1n) is 4.72. The van der Waals surface area contributed by atoms with Crippen molar-refractivity contribution in [2.45, 2.75) is 19.9 Å². The molecular weight excluding hydrogens is 233 g/mol. The fraction of sp³-hybridized carbons (Fsp3) is 0.364. The number of hydrogen-bond donors (Lipinski definition) is 1. The first kappa shape index (κ1) is 12.9. The molecule has 88 valence electrons. The van der Waals surface area contributed by atoms with Crippen LogP contribution in [-0.4, -0.2) is 18.9 Å². The van der Waals surface area contributed by atoms with Crippen molar-refractivity contribution >= 4 is 17.4 Å². The van der Waals surface area contributed by atoms with Crippen LogP contribution in [-0.2, 0) is 0 Å². The van der Waals surface area contributed by atoms with Crippen LogP contribution in [0.5, 0.6) is 5.75 Å². The zero-order valence-electron chi connectivity index (χ0n) is 9.30. The molecule has 0 aromatic heterocycles. The highest BCUT2D eigenvalue weighted by atomic mass is 35.5. The molecule has 1 aromatic carbocycles. The van der Waals surface area contributed by atoms with Crippen LogP contribution in [0.4, 0.5) is 4.39 Å². The molecule has 16 heavy (non-hydrogen) atoms. The Morgan fingerprint density at radius 3 is 2.62 bits per heavy atom. The van der Waals surface area contributed by atoms with Gasteiger partial charge in [0.15, 0.2) is 5.78 Å². The van der Waals surface area contributed by atoms with Gasteiger partial charge in [-0.25, -0.2) is 4.39 Å². The van der Waals surface area contributed by atoms with Gasteiger partial charge in [-0.15, -0.1) is 0 Å². The van der Waals surface area contributed by atoms with E-state index in [4.69, 9.17) is 22.1 Å². The van der Waals surface area contributed by atoms with Crippen LogP contribution in [0.25, 0.3) is 0 Å². The minimum Gasteiger partial charge on any atom is -0.494 e. The van der Waals surface area contributed by atoms with Gasteiger partial charge in [-0.3, -0.25) is 4.79 Å². The predicted molar refractivity (Wildman–Crippen MR) is 60.7 cm³/mol. The van der Waals surface area contributed by atoms with Crippen LogP contribution in [0.2, 0.25) is 5.02 Å². The molecular formula is C11H13ClFNO2. The Balaban J connectivity index is 3.51. The van der Waals surface area contributed by atoms with Crippen molar-refractivity contribution < 1.29 is 13.9 Å². The Morgan fingerprint density at radius 1 is 1.62 bits per heavy atom. The highest BCUT2D eigenvalue weighted by Crippen LogP contribution is 2.33. The molecule has 0 heterocycles. The van der Waals surface area contributed by atoms with Crippen LogP contribution in [0, 0.1) is 12.7 Å². The zero-order valence-corrected chi connectivity index (χ0v) is 10.1. The smallest absolute Gasteiger partial charge is 0.183 e. The van der Waals surface area contributed by atoms with Crippen LogP contribution >= 0.6 is 11.6 Å². The summed E-state index contributed by atoms with van der Waals surface area (Å²) in [6.45, 7) is 3.02. The van der Waals surface area contributed by atoms with Gasteiger partial charge in [0.1, 0.15) is 11.6 Å². The first-order chi connectivity index (χ1) is 7.40. The summed E-state index contributed by atoms with van der Waals surface area (Å²) < 4.78 is 18.5. The largest absolute Gasteiger partial charge is 0.494 e. The Bertz CT molecular complexity index is 432. The average molecular weight is 246 g/mol. The molecule has 0 aliphatic heterocycles. The van der Waals surface area contributed by atoms with Crippen LogP contribution in [0.15, 0.2) is 6.07 Å². The van der Waals surface area contributed by atoms with Crippen molar-refractivity contribution in [2.24, 2.45) is 5.73 Å². The number of carbonyl (C=O) groups excluding carboxylic acids is 1. The SMILES string of the molecule is COc1c(Cl)cc(F)c(C)c1C(=O)C(C)N. The molecule has 0 fully saturated rings. The monoisotopic (exact) mass is 245 g/mol. The summed E-state index contributed by atoms with van der Waals surface area (Å²) in [4.78, 5) is 11.8. The number of nitrogens with two attached hydrogens (primary N) is 1. The number of hydrogen-bond acceptors (Lipinski definition) is 3. The lowest BCUT2D eigenvalue weighted by Gasteiger charge is -2.14. The third kappa shape index (κ3) is 2.18. The highest BCUT2D eigenvalue weighted by molar-refractivity contribution is 6.32. The molecule has 0 bridgehead atoms. The summed E-state index contributed by atoms with van der Waals surface area (Å²) in [6, 6.07) is 0.388. The maximum Gasteiger partial charge on any atom is 0.183 e. The number of benzene rings is 1. The lowest BCUT2D eigenvalue weighted by atomic mass is 9.99. The fourth-order valence-electron chi connectivity index (χ4n) is 1.42. The number of ketones is 1. The second-order valence-electron chi connectivity index (χ2n) is 3.53. The van der Waals surface area contributed by atoms with Crippen molar-refractivity contribution in [3.8, 4) is 5.75 Å². The van der Waals surface area contributed by atoms with Crippen molar-refractivity contribution in [2.75, 3.05) is 7.11 Å². The molecule has 0 saturated carbocycles. The molecule has 0 aliphatic rings. The third-order valence-corrected chi connectivity index (χ3v) is 2.58. The van der Waals surface area contributed by atoms with Gasteiger partial charge >= 0.3 is 0 Å². The van der Waals surface area contributed by atoms with Crippen molar-refractivity contribution in [3.05, 3.63) is 28.0 Å². The number of rotatable bonds is 3. The second-order valence-corrected chi connectivity index (χ2v) is 3.93. The molecule has 0 amide bonds. The summed E-state index contributed by atoms with van der Waals surface area (Å²) in [5.74, 6) is -0.770. The molecule has 0 spiro atoms. The quantitative estimate of drug-likeness (QED) is 0.832. The normalized spacial score (nSPS) is 12.4. The van der Waals surface area contributed by atoms with Gasteiger partial charge in [0, 0.05) is 0 Å². The van der Waals surface area contributed by atoms with Gasteiger partial charge < -0.3 is 10.5 Å². The third-order valence-electron chi connectivity index (χ3n) is 2.29. The van der Waals surface area contributed by atoms with Crippen molar-refractivity contribution in [1.29, 1.82) is 0 Å². The molecule has 0 saturated heterocycles. The van der Waals surface area contributed by atoms with Gasteiger partial charge in [0.05, 0.1) is 23.7 Å². The summed E-state index contributed by atoms with van der Waals surface area (Å²) in [7, 11) is 1.37. The van der Waals surface area contributed by atoms with Gasteiger partial charge in [-0.1, -0.05) is 11.6 Å². The van der Waals surface area contributed by atoms with Gasteiger partial charge in [0.25, 0.3) is 0 Å². The van der Waals surface area contributed by atoms with E-state index in [1.165, 1.54) is 21.0 Å². The van der Waals surface area contributed by atoms with Gasteiger partial charge in [-0.2, -0.15) is 0 Å². The number of carbonyl (C=O) groups is 1. The summed E-state index contributed by atoms with van der Waals surface area (Å²) in [5, 5.41) is 0.0644. The van der Waals surface area contributed by atoms with E-state index in [-0.39, 0.29) is 21.9 Å². The van der Waals surface area contributed by atoms with E-state index in [1.54, 1.807) is 0 Å². The van der Waals surface area contributed by atoms with E-state index in [0.717, 1.165) is 6.07 Å². The molecule has 0 aliphatic carbocycles. The standard InChI is InChI=1S/C11H13ClFNO2/c1-5-8(13)4-7(12)11(16-3)9(5)10(15)6(2)14/h4,6H,14H2,1-3H3. The van der Waals surface area contributed by atoms with E-state index < -0.39 is 17.6 Å². The maximum atomic E-state index is 13.4. The lowest BCUT2D eigenvalue weighted by molar-refractivity contribution is 0.0963. The summed E-state index contributed by atoms with van der Waals surface area (Å²) >= 11 is 5.80. The number of ether oxygens (including phenoxy) is 1. The van der Waals surface area contributed by atoms with Crippen molar-refractivity contribution in [1.82, 2.24) is 0 Å². The topological polar surface area (TPSA) is 52.3 Å².